The highest BCUT2D eigenvalue weighted by Crippen LogP contribution is 2.56. The van der Waals surface area contributed by atoms with Crippen LogP contribution in [0.4, 0.5) is 8.78 Å². The number of ether oxygens (including phenoxy) is 1. The van der Waals surface area contributed by atoms with Crippen LogP contribution in [0.25, 0.3) is 20.8 Å². The standard InChI is InChI=1S/C39H65BrOS2.C18H24B2F2N2O4S.2CH4/c1-28(2)13-9-15-30(5)17-11-19-32(7)21-24-39(25-22-33(8)20-12-18-31(6)16-10-14-29(3)4)34-27-36(40)43-37(34)38-35(41-39)23-26-42-38;1-15(2)16(3,4)26-19(25-15)9-11(21)12(22)10(14-13(9)23-29-24-14)20-27-17(5,6)18(7,8)28-20;;/h23,26-33H,9-22,24-25H2,1-8H3;1-8H3;2*1H4. The number of aromatic nitrogens is 2. The number of rotatable bonds is 24. The van der Waals surface area contributed by atoms with Crippen molar-refractivity contribution in [3.63, 3.8) is 0 Å². The van der Waals surface area contributed by atoms with Crippen LogP contribution in [0.5, 0.6) is 5.75 Å². The van der Waals surface area contributed by atoms with Crippen LogP contribution in [0.2, 0.25) is 0 Å². The highest BCUT2D eigenvalue weighted by Gasteiger charge is 2.56. The molecule has 0 spiro atoms. The van der Waals surface area contributed by atoms with Gasteiger partial charge < -0.3 is 23.4 Å². The zero-order chi connectivity index (χ0) is 53.0. The largest absolute Gasteiger partial charge is 0.500 e. The molecule has 4 atom stereocenters. The molecular formula is C59H97B2BrF2N2O5S3. The number of benzene rings is 1. The van der Waals surface area contributed by atoms with Crippen LogP contribution in [-0.4, -0.2) is 45.4 Å². The molecule has 4 aromatic rings. The number of thiophene rings is 2. The molecule has 7 rings (SSSR count). The van der Waals surface area contributed by atoms with E-state index in [1.807, 2.05) is 78.1 Å². The minimum atomic E-state index is -1.10. The lowest BCUT2D eigenvalue weighted by Gasteiger charge is -2.39. The Hall–Kier alpha value is -1.45. The lowest BCUT2D eigenvalue weighted by Crippen LogP contribution is -2.44. The molecule has 3 aliphatic rings. The summed E-state index contributed by atoms with van der Waals surface area (Å²) < 4.78 is 71.3. The maximum absolute atomic E-state index is 15.4. The second-order valence-corrected chi connectivity index (χ2v) is 29.0. The van der Waals surface area contributed by atoms with Gasteiger partial charge >= 0.3 is 14.2 Å². The minimum Gasteiger partial charge on any atom is -0.481 e. The van der Waals surface area contributed by atoms with Crippen molar-refractivity contribution in [1.82, 2.24) is 8.75 Å². The monoisotopic (exact) mass is 1150 g/mol. The summed E-state index contributed by atoms with van der Waals surface area (Å²) in [6.45, 7) is 34.1. The van der Waals surface area contributed by atoms with Crippen LogP contribution >= 0.6 is 50.3 Å². The molecule has 0 saturated carbocycles. The second kappa shape index (κ2) is 27.1. The summed E-state index contributed by atoms with van der Waals surface area (Å²) in [7, 11) is -2.21. The van der Waals surface area contributed by atoms with Crippen molar-refractivity contribution >= 4 is 86.5 Å². The van der Waals surface area contributed by atoms with Gasteiger partial charge in [-0.15, -0.1) is 22.7 Å². The van der Waals surface area contributed by atoms with Crippen molar-refractivity contribution < 1.29 is 32.1 Å². The zero-order valence-corrected chi connectivity index (χ0v) is 51.0. The van der Waals surface area contributed by atoms with E-state index in [2.05, 4.69) is 97.6 Å². The normalized spacial score (nSPS) is 20.8. The first-order chi connectivity index (χ1) is 33.7. The van der Waals surface area contributed by atoms with Gasteiger partial charge in [0.05, 0.1) is 58.6 Å². The molecule has 3 aliphatic heterocycles. The van der Waals surface area contributed by atoms with Gasteiger partial charge in [-0.05, 0) is 150 Å². The summed E-state index contributed by atoms with van der Waals surface area (Å²) in [5.41, 5.74) is -1.37. The third-order valence-corrected chi connectivity index (χ3v) is 20.0. The minimum absolute atomic E-state index is 0. The fourth-order valence-electron chi connectivity index (χ4n) is 10.4. The van der Waals surface area contributed by atoms with Crippen molar-refractivity contribution in [3.05, 3.63) is 38.5 Å². The fraction of sp³-hybridized carbons (Fsp3) is 0.763. The summed E-state index contributed by atoms with van der Waals surface area (Å²) in [5.74, 6) is 3.84. The van der Waals surface area contributed by atoms with Crippen LogP contribution in [0.3, 0.4) is 0 Å². The molecule has 0 N–H and O–H groups in total. The second-order valence-electron chi connectivity index (χ2n) is 25.1. The van der Waals surface area contributed by atoms with E-state index >= 15 is 8.78 Å². The first-order valence-corrected chi connectivity index (χ1v) is 30.8. The molecule has 2 saturated heterocycles. The Kier molecular flexibility index (Phi) is 23.9. The molecule has 15 heteroatoms. The van der Waals surface area contributed by atoms with Crippen LogP contribution in [-0.2, 0) is 24.2 Å². The molecule has 4 unspecified atom stereocenters. The topological polar surface area (TPSA) is 71.9 Å². The van der Waals surface area contributed by atoms with Gasteiger partial charge in [0.25, 0.3) is 0 Å². The molecular weight excluding hydrogens is 1050 g/mol. The molecule has 74 heavy (non-hydrogen) atoms. The van der Waals surface area contributed by atoms with Crippen LogP contribution < -0.4 is 15.7 Å². The molecule has 2 fully saturated rings. The quantitative estimate of drug-likeness (QED) is 0.0647. The van der Waals surface area contributed by atoms with Crippen molar-refractivity contribution in [1.29, 1.82) is 0 Å². The van der Waals surface area contributed by atoms with Gasteiger partial charge in [-0.2, -0.15) is 8.75 Å². The fourth-order valence-corrected chi connectivity index (χ4v) is 13.7. The van der Waals surface area contributed by atoms with E-state index in [4.69, 9.17) is 23.4 Å². The SMILES string of the molecule is C.C.CC(C)CCCC(C)CCCC(C)CCC1(CCC(C)CCCC(C)CCCC(C)C)Oc2ccsc2-c2sc(Br)cc21.CC1(C)OB(c2c(F)c(F)c(B3OC(C)(C)C(C)(C)O3)c3nsnc23)OC1(C)C. The van der Waals surface area contributed by atoms with E-state index in [-0.39, 0.29) is 42.4 Å². The maximum Gasteiger partial charge on any atom is 0.500 e. The van der Waals surface area contributed by atoms with Gasteiger partial charge in [0, 0.05) is 5.56 Å². The Morgan fingerprint density at radius 3 is 1.30 bits per heavy atom. The van der Waals surface area contributed by atoms with Gasteiger partial charge in [0.1, 0.15) is 22.4 Å². The molecule has 0 radical (unpaired) electrons. The maximum atomic E-state index is 15.4. The van der Waals surface area contributed by atoms with Gasteiger partial charge in [0.2, 0.25) is 0 Å². The Bertz CT molecular complexity index is 2220. The number of hydrogen-bond acceptors (Lipinski definition) is 10. The molecule has 418 valence electrons. The van der Waals surface area contributed by atoms with E-state index in [0.717, 1.165) is 65.8 Å². The van der Waals surface area contributed by atoms with Gasteiger partial charge in [-0.3, -0.25) is 0 Å². The Morgan fingerprint density at radius 1 is 0.554 bits per heavy atom. The summed E-state index contributed by atoms with van der Waals surface area (Å²) in [6.07, 6.45) is 21.3. The van der Waals surface area contributed by atoms with E-state index in [1.165, 1.54) is 109 Å². The third-order valence-electron chi connectivity index (χ3n) is 16.8. The Labute approximate surface area is 470 Å². The smallest absolute Gasteiger partial charge is 0.481 e. The van der Waals surface area contributed by atoms with Crippen LogP contribution in [0.1, 0.15) is 234 Å². The van der Waals surface area contributed by atoms with E-state index < -0.39 is 48.3 Å². The van der Waals surface area contributed by atoms with Crippen molar-refractivity contribution in [2.24, 2.45) is 35.5 Å². The highest BCUT2D eigenvalue weighted by molar-refractivity contribution is 9.11. The number of hydrogen-bond donors (Lipinski definition) is 0. The van der Waals surface area contributed by atoms with Crippen molar-refractivity contribution in [2.45, 2.75) is 256 Å². The van der Waals surface area contributed by atoms with Crippen LogP contribution in [0, 0.1) is 47.1 Å². The van der Waals surface area contributed by atoms with E-state index in [0.29, 0.717) is 0 Å². The summed E-state index contributed by atoms with van der Waals surface area (Å²) in [6, 6.07) is 4.62. The first kappa shape index (κ1) is 65.1. The lowest BCUT2D eigenvalue weighted by molar-refractivity contribution is 0.00578. The molecule has 0 bridgehead atoms. The van der Waals surface area contributed by atoms with E-state index in [9.17, 15) is 0 Å². The molecule has 6 heterocycles. The predicted octanol–water partition coefficient (Wildman–Crippen LogP) is 18.8. The molecule has 3 aromatic heterocycles. The molecule has 7 nitrogen and oxygen atoms in total. The molecule has 1 aromatic carbocycles. The summed E-state index contributed by atoms with van der Waals surface area (Å²) in [5, 5.41) is 2.22. The average Bonchev–Trinajstić information content (AvgIpc) is 4.10. The van der Waals surface area contributed by atoms with Gasteiger partial charge in [-0.25, -0.2) is 8.78 Å². The lowest BCUT2D eigenvalue weighted by atomic mass is 9.71. The zero-order valence-electron chi connectivity index (χ0n) is 47.0. The third kappa shape index (κ3) is 15.7. The molecule has 0 amide bonds. The van der Waals surface area contributed by atoms with E-state index in [1.54, 1.807) is 0 Å². The Morgan fingerprint density at radius 2 is 0.919 bits per heavy atom. The van der Waals surface area contributed by atoms with Gasteiger partial charge in [0.15, 0.2) is 11.6 Å². The first-order valence-electron chi connectivity index (χ1n) is 27.6. The summed E-state index contributed by atoms with van der Waals surface area (Å²) in [4.78, 5) is 2.79. The number of nitrogens with zero attached hydrogens (tertiary/aromatic N) is 2. The summed E-state index contributed by atoms with van der Waals surface area (Å²) >= 11 is 8.46. The number of halogens is 3. The Balaban J connectivity index is 0.000000333. The average molecular weight is 1150 g/mol. The van der Waals surface area contributed by atoms with Gasteiger partial charge in [-0.1, -0.05) is 147 Å². The van der Waals surface area contributed by atoms with Crippen molar-refractivity contribution in [2.75, 3.05) is 0 Å². The molecule has 0 aliphatic carbocycles. The number of fused-ring (bicyclic) bond motifs is 4. The predicted molar refractivity (Wildman–Crippen MR) is 320 cm³/mol. The van der Waals surface area contributed by atoms with Crippen molar-refractivity contribution in [3.8, 4) is 15.5 Å². The highest BCUT2D eigenvalue weighted by atomic mass is 79.9. The van der Waals surface area contributed by atoms with Crippen LogP contribution in [0.15, 0.2) is 21.3 Å².